The van der Waals surface area contributed by atoms with E-state index in [9.17, 15) is 9.59 Å². The maximum absolute atomic E-state index is 12.1. The number of carbonyl (C=O) groups is 2. The van der Waals surface area contributed by atoms with Gasteiger partial charge in [-0.1, -0.05) is 0 Å². The van der Waals surface area contributed by atoms with Gasteiger partial charge in [-0.05, 0) is 32.2 Å². The first-order valence-electron chi connectivity index (χ1n) is 7.31. The van der Waals surface area contributed by atoms with Crippen molar-refractivity contribution in [3.63, 3.8) is 0 Å². The molecule has 3 rings (SSSR count). The lowest BCUT2D eigenvalue weighted by atomic mass is 10.2. The smallest absolute Gasteiger partial charge is 0.247 e. The number of likely N-dealkylation sites (tertiary alicyclic amines) is 1. The Kier molecular flexibility index (Phi) is 3.82. The topological polar surface area (TPSA) is 67.2 Å². The van der Waals surface area contributed by atoms with Crippen molar-refractivity contribution in [3.8, 4) is 0 Å². The number of hydrogen-bond donors (Lipinski definition) is 1. The van der Waals surface area contributed by atoms with Crippen molar-refractivity contribution < 1.29 is 9.59 Å². The van der Waals surface area contributed by atoms with Crippen molar-refractivity contribution in [2.75, 3.05) is 6.54 Å². The number of hydrogen-bond acceptors (Lipinski definition) is 4. The Bertz CT molecular complexity index is 481. The summed E-state index contributed by atoms with van der Waals surface area (Å²) in [5.74, 6) is -0.0273. The molecule has 1 aliphatic heterocycles. The van der Waals surface area contributed by atoms with Gasteiger partial charge in [0.2, 0.25) is 11.8 Å². The number of rotatable bonds is 7. The average Bonchev–Trinajstić information content (AvgIpc) is 3.03. The molecule has 1 N–H and O–H groups in total. The molecular weight excluding hydrogens is 256 g/mol. The minimum atomic E-state index is -0.295. The zero-order valence-corrected chi connectivity index (χ0v) is 11.5. The number of imidazole rings is 1. The summed E-state index contributed by atoms with van der Waals surface area (Å²) in [5, 5.41) is 3.22. The highest BCUT2D eigenvalue weighted by molar-refractivity contribution is 6.06. The highest BCUT2D eigenvalue weighted by Crippen LogP contribution is 2.31. The van der Waals surface area contributed by atoms with Crippen molar-refractivity contribution in [2.45, 2.75) is 50.7 Å². The SMILES string of the molecule is O=C1CC(NCCCCn2ccnc2)C(=O)N1C1CC1. The number of aryl methyl sites for hydroxylation is 1. The Hall–Kier alpha value is -1.69. The Morgan fingerprint density at radius 1 is 1.30 bits per heavy atom. The first-order chi connectivity index (χ1) is 9.75. The van der Waals surface area contributed by atoms with E-state index in [-0.39, 0.29) is 23.9 Å². The van der Waals surface area contributed by atoms with E-state index in [1.807, 2.05) is 10.8 Å². The van der Waals surface area contributed by atoms with E-state index >= 15 is 0 Å². The normalized spacial score (nSPS) is 22.8. The van der Waals surface area contributed by atoms with Crippen LogP contribution in [0.3, 0.4) is 0 Å². The molecule has 2 heterocycles. The highest BCUT2D eigenvalue weighted by Gasteiger charge is 2.45. The summed E-state index contributed by atoms with van der Waals surface area (Å²) in [6.07, 6.45) is 9.83. The van der Waals surface area contributed by atoms with Gasteiger partial charge in [-0.2, -0.15) is 0 Å². The fourth-order valence-electron chi connectivity index (χ4n) is 2.64. The minimum Gasteiger partial charge on any atom is -0.337 e. The third-order valence-electron chi connectivity index (χ3n) is 3.89. The van der Waals surface area contributed by atoms with Gasteiger partial charge < -0.3 is 9.88 Å². The molecule has 1 aromatic heterocycles. The summed E-state index contributed by atoms with van der Waals surface area (Å²) in [6.45, 7) is 1.71. The van der Waals surface area contributed by atoms with E-state index in [1.165, 1.54) is 4.90 Å². The number of imide groups is 1. The van der Waals surface area contributed by atoms with Crippen LogP contribution in [0.25, 0.3) is 0 Å². The zero-order valence-electron chi connectivity index (χ0n) is 11.5. The molecule has 1 aromatic rings. The Morgan fingerprint density at radius 3 is 2.85 bits per heavy atom. The van der Waals surface area contributed by atoms with Crippen LogP contribution in [0, 0.1) is 0 Å². The number of amides is 2. The molecule has 0 radical (unpaired) electrons. The first kappa shape index (κ1) is 13.3. The van der Waals surface area contributed by atoms with E-state index in [4.69, 9.17) is 0 Å². The van der Waals surface area contributed by atoms with E-state index in [0.29, 0.717) is 6.42 Å². The van der Waals surface area contributed by atoms with E-state index in [2.05, 4.69) is 10.3 Å². The van der Waals surface area contributed by atoms with Crippen molar-refractivity contribution in [2.24, 2.45) is 0 Å². The van der Waals surface area contributed by atoms with E-state index in [0.717, 1.165) is 38.8 Å². The summed E-state index contributed by atoms with van der Waals surface area (Å²) in [4.78, 5) is 29.3. The minimum absolute atomic E-state index is 0.00610. The standard InChI is InChI=1S/C14H20N4O2/c19-13-9-12(14(20)18(13)11-3-4-11)16-5-1-2-7-17-8-6-15-10-17/h6,8,10-12,16H,1-5,7,9H2. The largest absolute Gasteiger partial charge is 0.337 e. The van der Waals surface area contributed by atoms with Crippen LogP contribution in [0.15, 0.2) is 18.7 Å². The second-order valence-corrected chi connectivity index (χ2v) is 5.55. The van der Waals surface area contributed by atoms with Crippen molar-refractivity contribution in [3.05, 3.63) is 18.7 Å². The molecule has 2 amide bonds. The number of nitrogens with one attached hydrogen (secondary N) is 1. The Morgan fingerprint density at radius 2 is 2.15 bits per heavy atom. The van der Waals surface area contributed by atoms with Crippen molar-refractivity contribution in [1.82, 2.24) is 19.8 Å². The van der Waals surface area contributed by atoms with Gasteiger partial charge in [0.05, 0.1) is 18.8 Å². The second-order valence-electron chi connectivity index (χ2n) is 5.55. The maximum Gasteiger partial charge on any atom is 0.247 e. The molecule has 0 bridgehead atoms. The van der Waals surface area contributed by atoms with E-state index < -0.39 is 0 Å². The van der Waals surface area contributed by atoms with Gasteiger partial charge in [0.15, 0.2) is 0 Å². The highest BCUT2D eigenvalue weighted by atomic mass is 16.2. The third kappa shape index (κ3) is 2.90. The Balaban J connectivity index is 1.36. The van der Waals surface area contributed by atoms with Crippen LogP contribution in [0.2, 0.25) is 0 Å². The number of aromatic nitrogens is 2. The van der Waals surface area contributed by atoms with Crippen LogP contribution in [0.1, 0.15) is 32.1 Å². The fraction of sp³-hybridized carbons (Fsp3) is 0.643. The van der Waals surface area contributed by atoms with E-state index in [1.54, 1.807) is 12.5 Å². The van der Waals surface area contributed by atoms with Gasteiger partial charge in [-0.25, -0.2) is 4.98 Å². The molecule has 6 nitrogen and oxygen atoms in total. The molecule has 108 valence electrons. The predicted molar refractivity (Wildman–Crippen MR) is 72.7 cm³/mol. The van der Waals surface area contributed by atoms with Crippen LogP contribution in [0.4, 0.5) is 0 Å². The molecular formula is C14H20N4O2. The molecule has 1 unspecified atom stereocenters. The fourth-order valence-corrected chi connectivity index (χ4v) is 2.64. The molecule has 1 saturated carbocycles. The molecule has 20 heavy (non-hydrogen) atoms. The second kappa shape index (κ2) is 5.75. The van der Waals surface area contributed by atoms with Gasteiger partial charge in [-0.3, -0.25) is 14.5 Å². The average molecular weight is 276 g/mol. The summed E-state index contributed by atoms with van der Waals surface area (Å²) >= 11 is 0. The summed E-state index contributed by atoms with van der Waals surface area (Å²) in [7, 11) is 0. The van der Waals surface area contributed by atoms with Gasteiger partial charge in [0.1, 0.15) is 0 Å². The molecule has 0 spiro atoms. The molecule has 6 heteroatoms. The predicted octanol–water partition coefficient (Wildman–Crippen LogP) is 0.543. The zero-order chi connectivity index (χ0) is 13.9. The summed E-state index contributed by atoms with van der Waals surface area (Å²) in [6, 6.07) is -0.0978. The summed E-state index contributed by atoms with van der Waals surface area (Å²) in [5.41, 5.74) is 0. The quantitative estimate of drug-likeness (QED) is 0.583. The van der Waals surface area contributed by atoms with Gasteiger partial charge in [-0.15, -0.1) is 0 Å². The lowest BCUT2D eigenvalue weighted by Gasteiger charge is -2.14. The number of nitrogens with zero attached hydrogens (tertiary/aromatic N) is 3. The molecule has 1 atom stereocenters. The van der Waals surface area contributed by atoms with Crippen LogP contribution in [0.5, 0.6) is 0 Å². The number of carbonyl (C=O) groups excluding carboxylic acids is 2. The van der Waals surface area contributed by atoms with Gasteiger partial charge in [0, 0.05) is 25.0 Å². The number of unbranched alkanes of at least 4 members (excludes halogenated alkanes) is 1. The third-order valence-corrected chi connectivity index (χ3v) is 3.89. The van der Waals surface area contributed by atoms with Crippen LogP contribution in [-0.4, -0.2) is 44.9 Å². The van der Waals surface area contributed by atoms with Crippen LogP contribution >= 0.6 is 0 Å². The van der Waals surface area contributed by atoms with Crippen molar-refractivity contribution in [1.29, 1.82) is 0 Å². The van der Waals surface area contributed by atoms with Gasteiger partial charge >= 0.3 is 0 Å². The lowest BCUT2D eigenvalue weighted by molar-refractivity contribution is -0.139. The lowest BCUT2D eigenvalue weighted by Crippen LogP contribution is -2.40. The molecule has 2 aliphatic rings. The van der Waals surface area contributed by atoms with Crippen LogP contribution < -0.4 is 5.32 Å². The van der Waals surface area contributed by atoms with Gasteiger partial charge in [0.25, 0.3) is 0 Å². The first-order valence-corrected chi connectivity index (χ1v) is 7.31. The molecule has 1 aliphatic carbocycles. The maximum atomic E-state index is 12.1. The molecule has 0 aromatic carbocycles. The van der Waals surface area contributed by atoms with Crippen molar-refractivity contribution >= 4 is 11.8 Å². The summed E-state index contributed by atoms with van der Waals surface area (Å²) < 4.78 is 2.04. The Labute approximate surface area is 118 Å². The van der Waals surface area contributed by atoms with Crippen LogP contribution in [-0.2, 0) is 16.1 Å². The molecule has 2 fully saturated rings. The monoisotopic (exact) mass is 276 g/mol. The molecule has 1 saturated heterocycles.